The second-order valence-corrected chi connectivity index (χ2v) is 8.62. The van der Waals surface area contributed by atoms with Crippen LogP contribution in [-0.2, 0) is 12.8 Å². The van der Waals surface area contributed by atoms with E-state index in [1.807, 2.05) is 10.7 Å². The first-order valence-electron chi connectivity index (χ1n) is 8.93. The Bertz CT molecular complexity index is 769. The van der Waals surface area contributed by atoms with Crippen molar-refractivity contribution in [3.63, 3.8) is 0 Å². The summed E-state index contributed by atoms with van der Waals surface area (Å²) in [6.07, 6.45) is 4.52. The van der Waals surface area contributed by atoms with Gasteiger partial charge in [0.15, 0.2) is 5.96 Å². The summed E-state index contributed by atoms with van der Waals surface area (Å²) in [5.41, 5.74) is 2.52. The molecule has 0 amide bonds. The third kappa shape index (κ3) is 4.58. The Hall–Kier alpha value is -1.57. The average Bonchev–Trinajstić information content (AvgIpc) is 3.24. The first kappa shape index (κ1) is 19.2. The minimum atomic E-state index is -0.606. The Kier molecular flexibility index (Phi) is 6.21. The molecule has 0 fully saturated rings. The molecular weight excluding hydrogens is 370 g/mol. The molecule has 2 heterocycles. The number of aliphatic hydroxyl groups is 1. The molecule has 26 heavy (non-hydrogen) atoms. The lowest BCUT2D eigenvalue weighted by molar-refractivity contribution is 0.184. The molecule has 0 aromatic carbocycles. The van der Waals surface area contributed by atoms with Crippen molar-refractivity contribution in [2.45, 2.75) is 51.3 Å². The van der Waals surface area contributed by atoms with E-state index in [-0.39, 0.29) is 6.04 Å². The number of aryl methyl sites for hydroxylation is 1. The number of hydrogen-bond donors (Lipinski definition) is 3. The maximum atomic E-state index is 10.3. The summed E-state index contributed by atoms with van der Waals surface area (Å²) in [5, 5.41) is 21.6. The number of guanidine groups is 1. The van der Waals surface area contributed by atoms with Gasteiger partial charge in [-0.05, 0) is 44.4 Å². The van der Waals surface area contributed by atoms with Crippen molar-refractivity contribution in [2.24, 2.45) is 4.99 Å². The molecule has 2 aromatic rings. The topological polar surface area (TPSA) is 74.5 Å². The van der Waals surface area contributed by atoms with Crippen LogP contribution in [0.25, 0.3) is 0 Å². The van der Waals surface area contributed by atoms with Crippen LogP contribution in [0.3, 0.4) is 0 Å². The fraction of sp³-hybridized carbons (Fsp3) is 0.556. The van der Waals surface area contributed by atoms with Crippen molar-refractivity contribution >= 4 is 28.9 Å². The molecular formula is C18H26ClN5OS. The predicted molar refractivity (Wildman–Crippen MR) is 107 cm³/mol. The molecule has 2 unspecified atom stereocenters. The fourth-order valence-electron chi connectivity index (χ4n) is 3.09. The number of aliphatic imine (C=N–C) groups is 1. The summed E-state index contributed by atoms with van der Waals surface area (Å²) in [6.45, 7) is 4.68. The fourth-order valence-corrected chi connectivity index (χ4v) is 4.14. The molecule has 0 saturated carbocycles. The van der Waals surface area contributed by atoms with Crippen molar-refractivity contribution in [1.82, 2.24) is 20.4 Å². The van der Waals surface area contributed by atoms with Gasteiger partial charge in [-0.2, -0.15) is 5.10 Å². The molecule has 142 valence electrons. The van der Waals surface area contributed by atoms with Gasteiger partial charge < -0.3 is 15.7 Å². The van der Waals surface area contributed by atoms with Crippen molar-refractivity contribution in [3.05, 3.63) is 38.8 Å². The van der Waals surface area contributed by atoms with E-state index in [0.29, 0.717) is 22.9 Å². The van der Waals surface area contributed by atoms with Crippen LogP contribution in [0.4, 0.5) is 0 Å². The summed E-state index contributed by atoms with van der Waals surface area (Å²) in [4.78, 5) is 5.12. The first-order chi connectivity index (χ1) is 12.5. The number of nitrogens with one attached hydrogen (secondary N) is 2. The molecule has 2 aromatic heterocycles. The summed E-state index contributed by atoms with van der Waals surface area (Å²) >= 11 is 7.32. The Balaban J connectivity index is 1.53. The normalized spacial score (nSPS) is 18.7. The van der Waals surface area contributed by atoms with Crippen LogP contribution in [0.2, 0.25) is 4.34 Å². The van der Waals surface area contributed by atoms with E-state index in [1.54, 1.807) is 13.1 Å². The van der Waals surface area contributed by atoms with Crippen LogP contribution >= 0.6 is 22.9 Å². The molecule has 0 aliphatic heterocycles. The van der Waals surface area contributed by atoms with Gasteiger partial charge in [0.2, 0.25) is 0 Å². The van der Waals surface area contributed by atoms with Gasteiger partial charge in [0, 0.05) is 43.2 Å². The molecule has 2 atom stereocenters. The monoisotopic (exact) mass is 395 g/mol. The van der Waals surface area contributed by atoms with Gasteiger partial charge in [-0.1, -0.05) is 11.6 Å². The lowest BCUT2D eigenvalue weighted by Crippen LogP contribution is -2.46. The lowest BCUT2D eigenvalue weighted by Gasteiger charge is -2.25. The Morgan fingerprint density at radius 3 is 2.96 bits per heavy atom. The lowest BCUT2D eigenvalue weighted by atomic mass is 9.94. The van der Waals surface area contributed by atoms with Gasteiger partial charge in [0.25, 0.3) is 0 Å². The Labute approximate surface area is 163 Å². The van der Waals surface area contributed by atoms with Crippen molar-refractivity contribution in [3.8, 4) is 0 Å². The van der Waals surface area contributed by atoms with Gasteiger partial charge in [0.1, 0.15) is 6.10 Å². The molecule has 0 bridgehead atoms. The number of fused-ring (bicyclic) bond motifs is 1. The summed E-state index contributed by atoms with van der Waals surface area (Å²) in [6, 6.07) is 4.32. The number of rotatable bonds is 5. The summed E-state index contributed by atoms with van der Waals surface area (Å²) in [5.74, 6) is 0.698. The molecule has 3 N–H and O–H groups in total. The molecule has 0 spiro atoms. The zero-order valence-corrected chi connectivity index (χ0v) is 16.9. The van der Waals surface area contributed by atoms with E-state index < -0.39 is 6.10 Å². The quantitative estimate of drug-likeness (QED) is 0.537. The van der Waals surface area contributed by atoms with Crippen molar-refractivity contribution < 1.29 is 5.11 Å². The number of aliphatic hydroxyl groups excluding tert-OH is 1. The van der Waals surface area contributed by atoms with Gasteiger partial charge in [-0.3, -0.25) is 9.67 Å². The largest absolute Gasteiger partial charge is 0.386 e. The van der Waals surface area contributed by atoms with E-state index in [0.717, 1.165) is 24.1 Å². The van der Waals surface area contributed by atoms with Crippen LogP contribution in [0.15, 0.2) is 23.3 Å². The maximum absolute atomic E-state index is 10.3. The molecule has 1 aliphatic rings. The molecule has 8 heteroatoms. The highest BCUT2D eigenvalue weighted by Crippen LogP contribution is 2.26. The zero-order chi connectivity index (χ0) is 18.7. The van der Waals surface area contributed by atoms with E-state index in [1.165, 1.54) is 22.6 Å². The summed E-state index contributed by atoms with van der Waals surface area (Å²) < 4.78 is 2.73. The molecule has 0 radical (unpaired) electrons. The number of hydrogen-bond acceptors (Lipinski definition) is 4. The van der Waals surface area contributed by atoms with Crippen LogP contribution in [-0.4, -0.2) is 40.5 Å². The van der Waals surface area contributed by atoms with Gasteiger partial charge >= 0.3 is 0 Å². The van der Waals surface area contributed by atoms with Crippen LogP contribution in [0.1, 0.15) is 48.5 Å². The van der Waals surface area contributed by atoms with E-state index in [9.17, 15) is 5.11 Å². The van der Waals surface area contributed by atoms with E-state index in [2.05, 4.69) is 35.7 Å². The molecule has 0 saturated heterocycles. The number of thiophene rings is 1. The van der Waals surface area contributed by atoms with Gasteiger partial charge in [-0.15, -0.1) is 11.3 Å². The molecule has 6 nitrogen and oxygen atoms in total. The highest BCUT2D eigenvalue weighted by atomic mass is 35.5. The average molecular weight is 396 g/mol. The maximum Gasteiger partial charge on any atom is 0.191 e. The van der Waals surface area contributed by atoms with Crippen molar-refractivity contribution in [2.75, 3.05) is 13.6 Å². The van der Waals surface area contributed by atoms with Crippen LogP contribution in [0.5, 0.6) is 0 Å². The standard InChI is InChI=1S/C18H26ClN5OS/c1-11(2)24-10-12-4-5-13(8-14(12)23-24)22-18(20-3)21-9-15(25)16-6-7-17(19)26-16/h6-7,10-11,13,15,25H,4-5,8-9H2,1-3H3,(H2,20,21,22). The second kappa shape index (κ2) is 8.41. The van der Waals surface area contributed by atoms with Gasteiger partial charge in [-0.25, -0.2) is 0 Å². The van der Waals surface area contributed by atoms with Gasteiger partial charge in [0.05, 0.1) is 10.0 Å². The number of halogens is 1. The third-order valence-corrected chi connectivity index (χ3v) is 5.91. The first-order valence-corrected chi connectivity index (χ1v) is 10.1. The van der Waals surface area contributed by atoms with E-state index in [4.69, 9.17) is 16.7 Å². The van der Waals surface area contributed by atoms with Crippen LogP contribution in [0, 0.1) is 0 Å². The molecule has 3 rings (SSSR count). The zero-order valence-electron chi connectivity index (χ0n) is 15.4. The minimum Gasteiger partial charge on any atom is -0.386 e. The highest BCUT2D eigenvalue weighted by Gasteiger charge is 2.23. The predicted octanol–water partition coefficient (Wildman–Crippen LogP) is 2.93. The van der Waals surface area contributed by atoms with Crippen LogP contribution < -0.4 is 10.6 Å². The van der Waals surface area contributed by atoms with E-state index >= 15 is 0 Å². The highest BCUT2D eigenvalue weighted by molar-refractivity contribution is 7.16. The number of aromatic nitrogens is 2. The SMILES string of the molecule is CN=C(NCC(O)c1ccc(Cl)s1)NC1CCc2cn(C(C)C)nc2C1. The number of nitrogens with zero attached hydrogens (tertiary/aromatic N) is 3. The Morgan fingerprint density at radius 1 is 1.50 bits per heavy atom. The molecule has 1 aliphatic carbocycles. The minimum absolute atomic E-state index is 0.289. The third-order valence-electron chi connectivity index (χ3n) is 4.58. The summed E-state index contributed by atoms with van der Waals surface area (Å²) in [7, 11) is 1.74. The Morgan fingerprint density at radius 2 is 2.31 bits per heavy atom. The second-order valence-electron chi connectivity index (χ2n) is 6.87. The smallest absolute Gasteiger partial charge is 0.191 e. The van der Waals surface area contributed by atoms with Crippen molar-refractivity contribution in [1.29, 1.82) is 0 Å².